The van der Waals surface area contributed by atoms with Gasteiger partial charge in [-0.15, -0.1) is 0 Å². The summed E-state index contributed by atoms with van der Waals surface area (Å²) in [6.07, 6.45) is 3.17. The summed E-state index contributed by atoms with van der Waals surface area (Å²) in [5, 5.41) is 5.60. The van der Waals surface area contributed by atoms with Crippen molar-refractivity contribution in [2.24, 2.45) is 5.92 Å². The Morgan fingerprint density at radius 2 is 2.04 bits per heavy atom. The number of nitrogens with zero attached hydrogens (tertiary/aromatic N) is 3. The summed E-state index contributed by atoms with van der Waals surface area (Å²) in [4.78, 5) is 31.8. The molecule has 1 aliphatic heterocycles. The molecular weight excluding hydrogens is 294 g/mol. The van der Waals surface area contributed by atoms with Gasteiger partial charge in [0.05, 0.1) is 0 Å². The second kappa shape index (κ2) is 7.80. The molecule has 7 heteroatoms. The molecule has 2 N–H and O–H groups in total. The number of pyridine rings is 1. The molecule has 2 heterocycles. The first-order valence-corrected chi connectivity index (χ1v) is 7.88. The van der Waals surface area contributed by atoms with E-state index in [1.54, 1.807) is 18.1 Å². The van der Waals surface area contributed by atoms with Gasteiger partial charge in [-0.05, 0) is 30.5 Å². The largest absolute Gasteiger partial charge is 0.363 e. The van der Waals surface area contributed by atoms with Crippen LogP contribution in [0.25, 0.3) is 0 Å². The van der Waals surface area contributed by atoms with Gasteiger partial charge in [0.1, 0.15) is 5.82 Å². The molecule has 0 bridgehead atoms. The fourth-order valence-corrected chi connectivity index (χ4v) is 2.65. The lowest BCUT2D eigenvalue weighted by molar-refractivity contribution is -0.125. The van der Waals surface area contributed by atoms with Gasteiger partial charge in [-0.2, -0.15) is 0 Å². The van der Waals surface area contributed by atoms with Gasteiger partial charge in [0.25, 0.3) is 0 Å². The highest BCUT2D eigenvalue weighted by Crippen LogP contribution is 2.17. The second-order valence-corrected chi connectivity index (χ2v) is 5.95. The van der Waals surface area contributed by atoms with Crippen molar-refractivity contribution in [2.75, 3.05) is 39.1 Å². The van der Waals surface area contributed by atoms with Crippen LogP contribution in [0.5, 0.6) is 0 Å². The average Bonchev–Trinajstić information content (AvgIpc) is 2.59. The van der Waals surface area contributed by atoms with E-state index in [2.05, 4.69) is 15.6 Å². The zero-order chi connectivity index (χ0) is 16.8. The third-order valence-electron chi connectivity index (χ3n) is 4.11. The van der Waals surface area contributed by atoms with Crippen LogP contribution in [0, 0.1) is 5.92 Å². The molecule has 0 atom stereocenters. The van der Waals surface area contributed by atoms with Crippen LogP contribution in [-0.4, -0.2) is 56.1 Å². The normalized spacial score (nSPS) is 15.2. The molecule has 0 saturated carbocycles. The van der Waals surface area contributed by atoms with E-state index in [-0.39, 0.29) is 17.9 Å². The number of hydrogen-bond donors (Lipinski definition) is 2. The monoisotopic (exact) mass is 319 g/mol. The van der Waals surface area contributed by atoms with Crippen LogP contribution in [-0.2, 0) is 11.3 Å². The Balaban J connectivity index is 1.82. The summed E-state index contributed by atoms with van der Waals surface area (Å²) in [5.74, 6) is 0.952. The molecule has 2 rings (SSSR count). The summed E-state index contributed by atoms with van der Waals surface area (Å²) in [7, 11) is 5.51. The number of likely N-dealkylation sites (tertiary alicyclic amines) is 1. The van der Waals surface area contributed by atoms with Gasteiger partial charge in [0.2, 0.25) is 5.91 Å². The van der Waals surface area contributed by atoms with E-state index in [1.165, 1.54) is 0 Å². The molecule has 0 aliphatic carbocycles. The molecule has 3 amide bonds. The van der Waals surface area contributed by atoms with E-state index in [9.17, 15) is 9.59 Å². The Bertz CT molecular complexity index is 553. The van der Waals surface area contributed by atoms with Crippen molar-refractivity contribution in [1.82, 2.24) is 20.5 Å². The van der Waals surface area contributed by atoms with Crippen molar-refractivity contribution in [3.05, 3.63) is 23.9 Å². The first-order valence-electron chi connectivity index (χ1n) is 7.88. The van der Waals surface area contributed by atoms with Crippen molar-refractivity contribution in [1.29, 1.82) is 0 Å². The predicted octanol–water partition coefficient (Wildman–Crippen LogP) is 0.815. The highest BCUT2D eigenvalue weighted by Gasteiger charge is 2.26. The van der Waals surface area contributed by atoms with Gasteiger partial charge in [-0.25, -0.2) is 9.78 Å². The first-order chi connectivity index (χ1) is 11.0. The van der Waals surface area contributed by atoms with Crippen LogP contribution in [0.4, 0.5) is 10.6 Å². The highest BCUT2D eigenvalue weighted by molar-refractivity contribution is 5.79. The number of aromatic nitrogens is 1. The van der Waals surface area contributed by atoms with Crippen LogP contribution in [0.15, 0.2) is 18.3 Å². The number of amides is 3. The van der Waals surface area contributed by atoms with E-state index in [0.29, 0.717) is 32.5 Å². The fraction of sp³-hybridized carbons (Fsp3) is 0.562. The standard InChI is InChI=1S/C16H25N5O2/c1-17-15(22)13-5-8-21(9-6-13)16(23)19-11-12-4-7-18-14(10-12)20(2)3/h4,7,10,13H,5-6,8-9,11H2,1-3H3,(H,17,22)(H,19,23). The summed E-state index contributed by atoms with van der Waals surface area (Å²) in [6, 6.07) is 3.77. The Hall–Kier alpha value is -2.31. The number of anilines is 1. The zero-order valence-corrected chi connectivity index (χ0v) is 14.0. The van der Waals surface area contributed by atoms with Gasteiger partial charge in [0.15, 0.2) is 0 Å². The molecular formula is C16H25N5O2. The quantitative estimate of drug-likeness (QED) is 0.861. The minimum absolute atomic E-state index is 0.0203. The van der Waals surface area contributed by atoms with E-state index >= 15 is 0 Å². The van der Waals surface area contributed by atoms with Crippen LogP contribution >= 0.6 is 0 Å². The topological polar surface area (TPSA) is 77.6 Å². The minimum atomic E-state index is -0.0800. The van der Waals surface area contributed by atoms with Crippen molar-refractivity contribution >= 4 is 17.8 Å². The lowest BCUT2D eigenvalue weighted by Crippen LogP contribution is -2.46. The number of urea groups is 1. The Kier molecular flexibility index (Phi) is 5.78. The van der Waals surface area contributed by atoms with Gasteiger partial charge in [-0.1, -0.05) is 0 Å². The average molecular weight is 319 g/mol. The van der Waals surface area contributed by atoms with Crippen molar-refractivity contribution < 1.29 is 9.59 Å². The fourth-order valence-electron chi connectivity index (χ4n) is 2.65. The minimum Gasteiger partial charge on any atom is -0.363 e. The number of carbonyl (C=O) groups excluding carboxylic acids is 2. The molecule has 1 fully saturated rings. The van der Waals surface area contributed by atoms with Crippen LogP contribution in [0.3, 0.4) is 0 Å². The second-order valence-electron chi connectivity index (χ2n) is 5.95. The first kappa shape index (κ1) is 17.1. The molecule has 1 aliphatic rings. The van der Waals surface area contributed by atoms with Gasteiger partial charge in [-0.3, -0.25) is 4.79 Å². The smallest absolute Gasteiger partial charge is 0.317 e. The number of piperidine rings is 1. The Morgan fingerprint density at radius 3 is 2.65 bits per heavy atom. The van der Waals surface area contributed by atoms with Gasteiger partial charge in [0, 0.05) is 52.9 Å². The zero-order valence-electron chi connectivity index (χ0n) is 14.0. The molecule has 0 aromatic carbocycles. The lowest BCUT2D eigenvalue weighted by Gasteiger charge is -2.31. The van der Waals surface area contributed by atoms with Gasteiger partial charge < -0.3 is 20.4 Å². The number of hydrogen-bond acceptors (Lipinski definition) is 4. The number of rotatable bonds is 4. The van der Waals surface area contributed by atoms with E-state index < -0.39 is 0 Å². The maximum atomic E-state index is 12.2. The molecule has 0 unspecified atom stereocenters. The van der Waals surface area contributed by atoms with E-state index in [4.69, 9.17) is 0 Å². The molecule has 126 valence electrons. The molecule has 1 aromatic heterocycles. The van der Waals surface area contributed by atoms with E-state index in [1.807, 2.05) is 31.1 Å². The summed E-state index contributed by atoms with van der Waals surface area (Å²) in [5.41, 5.74) is 1.01. The molecule has 1 aromatic rings. The third kappa shape index (κ3) is 4.58. The molecule has 0 radical (unpaired) electrons. The summed E-state index contributed by atoms with van der Waals surface area (Å²) >= 11 is 0. The molecule has 0 spiro atoms. The summed E-state index contributed by atoms with van der Waals surface area (Å²) < 4.78 is 0. The summed E-state index contributed by atoms with van der Waals surface area (Å²) in [6.45, 7) is 1.70. The maximum Gasteiger partial charge on any atom is 0.317 e. The van der Waals surface area contributed by atoms with Crippen LogP contribution < -0.4 is 15.5 Å². The van der Waals surface area contributed by atoms with Crippen molar-refractivity contribution in [2.45, 2.75) is 19.4 Å². The van der Waals surface area contributed by atoms with Crippen molar-refractivity contribution in [3.8, 4) is 0 Å². The SMILES string of the molecule is CNC(=O)C1CCN(C(=O)NCc2ccnc(N(C)C)c2)CC1. The van der Waals surface area contributed by atoms with Gasteiger partial charge >= 0.3 is 6.03 Å². The molecule has 1 saturated heterocycles. The highest BCUT2D eigenvalue weighted by atomic mass is 16.2. The Morgan fingerprint density at radius 1 is 1.35 bits per heavy atom. The number of nitrogens with one attached hydrogen (secondary N) is 2. The van der Waals surface area contributed by atoms with Crippen LogP contribution in [0.2, 0.25) is 0 Å². The van der Waals surface area contributed by atoms with E-state index in [0.717, 1.165) is 11.4 Å². The third-order valence-corrected chi connectivity index (χ3v) is 4.11. The lowest BCUT2D eigenvalue weighted by atomic mass is 9.96. The van der Waals surface area contributed by atoms with Crippen molar-refractivity contribution in [3.63, 3.8) is 0 Å². The molecule has 7 nitrogen and oxygen atoms in total. The van der Waals surface area contributed by atoms with Crippen LogP contribution in [0.1, 0.15) is 18.4 Å². The molecule has 23 heavy (non-hydrogen) atoms. The Labute approximate surface area is 137 Å². The number of carbonyl (C=O) groups is 2. The predicted molar refractivity (Wildman–Crippen MR) is 89.2 cm³/mol. The maximum absolute atomic E-state index is 12.2.